The van der Waals surface area contributed by atoms with Crippen LogP contribution in [0.3, 0.4) is 0 Å². The highest BCUT2D eigenvalue weighted by Gasteiger charge is 2.29. The molecule has 6 nitrogen and oxygen atoms in total. The Morgan fingerprint density at radius 3 is 2.30 bits per heavy atom. The van der Waals surface area contributed by atoms with E-state index in [1.807, 2.05) is 30.5 Å². The van der Waals surface area contributed by atoms with Crippen LogP contribution >= 0.6 is 0 Å². The fourth-order valence-electron chi connectivity index (χ4n) is 3.98. The number of aromatic nitrogens is 2. The van der Waals surface area contributed by atoms with Gasteiger partial charge in [0.15, 0.2) is 9.84 Å². The van der Waals surface area contributed by atoms with Crippen molar-refractivity contribution in [3.05, 3.63) is 48.3 Å². The SMILES string of the molecule is O=S1(=O)CCN(C2CCN(Cc3ccc(-c4ccccn4)nc3)CC2)CC1. The number of piperidine rings is 1. The lowest BCUT2D eigenvalue weighted by molar-refractivity contribution is 0.111. The first-order chi connectivity index (χ1) is 13.1. The molecule has 4 rings (SSSR count). The molecule has 0 amide bonds. The molecular weight excluding hydrogens is 360 g/mol. The molecule has 0 atom stereocenters. The summed E-state index contributed by atoms with van der Waals surface area (Å²) in [6.07, 6.45) is 5.96. The fourth-order valence-corrected chi connectivity index (χ4v) is 5.21. The minimum atomic E-state index is -2.79. The van der Waals surface area contributed by atoms with Crippen LogP contribution in [0.1, 0.15) is 18.4 Å². The van der Waals surface area contributed by atoms with Gasteiger partial charge in [-0.1, -0.05) is 12.1 Å². The summed E-state index contributed by atoms with van der Waals surface area (Å²) >= 11 is 0. The Kier molecular flexibility index (Phi) is 5.52. The van der Waals surface area contributed by atoms with Crippen LogP contribution in [-0.2, 0) is 16.4 Å². The van der Waals surface area contributed by atoms with Gasteiger partial charge in [-0.2, -0.15) is 0 Å². The standard InChI is InChI=1S/C20H26N4O2S/c25-27(26)13-11-24(12-14-27)18-6-9-23(10-7-18)16-17-4-5-20(22-15-17)19-3-1-2-8-21-19/h1-5,8,15,18H,6-7,9-14,16H2. The topological polar surface area (TPSA) is 66.4 Å². The van der Waals surface area contributed by atoms with Crippen molar-refractivity contribution < 1.29 is 8.42 Å². The molecule has 0 aliphatic carbocycles. The van der Waals surface area contributed by atoms with Crippen LogP contribution in [0.4, 0.5) is 0 Å². The molecule has 4 heterocycles. The lowest BCUT2D eigenvalue weighted by atomic mass is 10.0. The Morgan fingerprint density at radius 1 is 0.926 bits per heavy atom. The maximum absolute atomic E-state index is 11.6. The zero-order valence-electron chi connectivity index (χ0n) is 15.5. The molecule has 0 bridgehead atoms. The first-order valence-electron chi connectivity index (χ1n) is 9.62. The molecule has 2 aliphatic rings. The highest BCUT2D eigenvalue weighted by molar-refractivity contribution is 7.91. The second kappa shape index (κ2) is 8.04. The van der Waals surface area contributed by atoms with Crippen LogP contribution in [0.25, 0.3) is 11.4 Å². The molecule has 144 valence electrons. The maximum atomic E-state index is 11.6. The summed E-state index contributed by atoms with van der Waals surface area (Å²) in [5.41, 5.74) is 3.02. The predicted molar refractivity (Wildman–Crippen MR) is 106 cm³/mol. The van der Waals surface area contributed by atoms with Crippen molar-refractivity contribution in [1.82, 2.24) is 19.8 Å². The molecule has 0 N–H and O–H groups in total. The number of hydrogen-bond donors (Lipinski definition) is 0. The summed E-state index contributed by atoms with van der Waals surface area (Å²) < 4.78 is 23.2. The van der Waals surface area contributed by atoms with Crippen molar-refractivity contribution in [2.24, 2.45) is 0 Å². The minimum absolute atomic E-state index is 0.321. The molecule has 0 aromatic carbocycles. The van der Waals surface area contributed by atoms with E-state index in [0.717, 1.165) is 43.9 Å². The highest BCUT2D eigenvalue weighted by atomic mass is 32.2. The van der Waals surface area contributed by atoms with E-state index in [1.54, 1.807) is 6.20 Å². The molecule has 7 heteroatoms. The number of sulfone groups is 1. The van der Waals surface area contributed by atoms with Gasteiger partial charge in [0.1, 0.15) is 0 Å². The van der Waals surface area contributed by atoms with Crippen molar-refractivity contribution in [1.29, 1.82) is 0 Å². The van der Waals surface area contributed by atoms with E-state index in [0.29, 0.717) is 30.6 Å². The van der Waals surface area contributed by atoms with E-state index in [4.69, 9.17) is 0 Å². The Hall–Kier alpha value is -1.83. The second-order valence-electron chi connectivity index (χ2n) is 7.46. The van der Waals surface area contributed by atoms with E-state index in [2.05, 4.69) is 25.8 Å². The van der Waals surface area contributed by atoms with Crippen LogP contribution < -0.4 is 0 Å². The van der Waals surface area contributed by atoms with Gasteiger partial charge in [0.25, 0.3) is 0 Å². The molecule has 0 saturated carbocycles. The Labute approximate surface area is 161 Å². The summed E-state index contributed by atoms with van der Waals surface area (Å²) in [6, 6.07) is 10.6. The normalized spacial score (nSPS) is 21.9. The zero-order valence-corrected chi connectivity index (χ0v) is 16.3. The van der Waals surface area contributed by atoms with Crippen molar-refractivity contribution in [3.8, 4) is 11.4 Å². The smallest absolute Gasteiger partial charge is 0.152 e. The molecule has 27 heavy (non-hydrogen) atoms. The lowest BCUT2D eigenvalue weighted by Gasteiger charge is -2.40. The van der Waals surface area contributed by atoms with Crippen LogP contribution in [0, 0.1) is 0 Å². The molecule has 2 saturated heterocycles. The van der Waals surface area contributed by atoms with Crippen LogP contribution in [0.5, 0.6) is 0 Å². The highest BCUT2D eigenvalue weighted by Crippen LogP contribution is 2.21. The third kappa shape index (κ3) is 4.72. The maximum Gasteiger partial charge on any atom is 0.152 e. The Balaban J connectivity index is 1.28. The number of rotatable bonds is 4. The van der Waals surface area contributed by atoms with Gasteiger partial charge in [-0.05, 0) is 49.7 Å². The van der Waals surface area contributed by atoms with Crippen molar-refractivity contribution in [2.45, 2.75) is 25.4 Å². The number of hydrogen-bond acceptors (Lipinski definition) is 6. The molecule has 0 spiro atoms. The largest absolute Gasteiger partial charge is 0.299 e. The van der Waals surface area contributed by atoms with Crippen molar-refractivity contribution >= 4 is 9.84 Å². The van der Waals surface area contributed by atoms with E-state index >= 15 is 0 Å². The molecule has 2 aliphatic heterocycles. The summed E-state index contributed by atoms with van der Waals surface area (Å²) in [6.45, 7) is 4.42. The van der Waals surface area contributed by atoms with E-state index in [9.17, 15) is 8.42 Å². The summed E-state index contributed by atoms with van der Waals surface area (Å²) in [7, 11) is -2.79. The molecule has 2 aromatic heterocycles. The molecule has 0 unspecified atom stereocenters. The quantitative estimate of drug-likeness (QED) is 0.799. The van der Waals surface area contributed by atoms with Crippen LogP contribution in [0.15, 0.2) is 42.7 Å². The predicted octanol–water partition coefficient (Wildman–Crippen LogP) is 1.84. The van der Waals surface area contributed by atoms with E-state index in [-0.39, 0.29) is 0 Å². The van der Waals surface area contributed by atoms with Gasteiger partial charge in [0.05, 0.1) is 22.9 Å². The minimum Gasteiger partial charge on any atom is -0.299 e. The van der Waals surface area contributed by atoms with Crippen LogP contribution in [0.2, 0.25) is 0 Å². The van der Waals surface area contributed by atoms with Crippen molar-refractivity contribution in [3.63, 3.8) is 0 Å². The van der Waals surface area contributed by atoms with Crippen molar-refractivity contribution in [2.75, 3.05) is 37.7 Å². The average molecular weight is 387 g/mol. The number of pyridine rings is 2. The monoisotopic (exact) mass is 386 g/mol. The molecule has 2 aromatic rings. The third-order valence-corrected chi connectivity index (χ3v) is 7.22. The van der Waals surface area contributed by atoms with Gasteiger partial charge >= 0.3 is 0 Å². The van der Waals surface area contributed by atoms with Gasteiger partial charge in [0, 0.05) is 38.1 Å². The molecular formula is C20H26N4O2S. The van der Waals surface area contributed by atoms with Gasteiger partial charge in [0.2, 0.25) is 0 Å². The van der Waals surface area contributed by atoms with Gasteiger partial charge in [-0.3, -0.25) is 19.8 Å². The van der Waals surface area contributed by atoms with Gasteiger partial charge in [-0.25, -0.2) is 8.42 Å². The summed E-state index contributed by atoms with van der Waals surface area (Å²) in [5.74, 6) is 0.642. The molecule has 0 radical (unpaired) electrons. The van der Waals surface area contributed by atoms with E-state index < -0.39 is 9.84 Å². The number of likely N-dealkylation sites (tertiary alicyclic amines) is 1. The summed E-state index contributed by atoms with van der Waals surface area (Å²) in [4.78, 5) is 13.7. The third-order valence-electron chi connectivity index (χ3n) is 5.61. The average Bonchev–Trinajstić information content (AvgIpc) is 2.70. The van der Waals surface area contributed by atoms with Gasteiger partial charge < -0.3 is 0 Å². The Morgan fingerprint density at radius 2 is 1.67 bits per heavy atom. The van der Waals surface area contributed by atoms with E-state index in [1.165, 1.54) is 5.56 Å². The fraction of sp³-hybridized carbons (Fsp3) is 0.500. The van der Waals surface area contributed by atoms with Crippen LogP contribution in [-0.4, -0.2) is 71.9 Å². The zero-order chi connectivity index (χ0) is 18.7. The lowest BCUT2D eigenvalue weighted by Crippen LogP contribution is -2.50. The summed E-state index contributed by atoms with van der Waals surface area (Å²) in [5, 5.41) is 0. The second-order valence-corrected chi connectivity index (χ2v) is 9.77. The van der Waals surface area contributed by atoms with Gasteiger partial charge in [-0.15, -0.1) is 0 Å². The first kappa shape index (κ1) is 18.5. The Bertz CT molecular complexity index is 833. The molecule has 2 fully saturated rings. The number of nitrogens with zero attached hydrogens (tertiary/aromatic N) is 4. The first-order valence-corrected chi connectivity index (χ1v) is 11.4.